The maximum absolute atomic E-state index is 14.4. The highest BCUT2D eigenvalue weighted by molar-refractivity contribution is 7.90. The van der Waals surface area contributed by atoms with E-state index in [1.807, 2.05) is 20.8 Å². The van der Waals surface area contributed by atoms with E-state index in [9.17, 15) is 22.4 Å². The number of hydrogen-bond donors (Lipinski definition) is 0. The topological polar surface area (TPSA) is 102 Å². The molecule has 1 aromatic carbocycles. The number of amides is 2. The first kappa shape index (κ1) is 24.2. The monoisotopic (exact) mass is 472 g/mol. The van der Waals surface area contributed by atoms with Gasteiger partial charge in [-0.15, -0.1) is 0 Å². The molecule has 1 unspecified atom stereocenters. The highest BCUT2D eigenvalue weighted by atomic mass is 32.2. The molecule has 2 aliphatic rings. The highest BCUT2D eigenvalue weighted by Gasteiger charge is 2.35. The van der Waals surface area contributed by atoms with E-state index < -0.39 is 33.5 Å². The van der Waals surface area contributed by atoms with Gasteiger partial charge in [-0.25, -0.2) is 22.4 Å². The number of nitrogens with zero attached hydrogens (tertiary/aromatic N) is 2. The van der Waals surface area contributed by atoms with Crippen molar-refractivity contribution in [3.8, 4) is 0 Å². The number of carbonyl (C=O) groups excluding carboxylic acids is 2. The minimum absolute atomic E-state index is 0.0458. The second kappa shape index (κ2) is 9.22. The molecule has 2 heterocycles. The van der Waals surface area contributed by atoms with Crippen LogP contribution >= 0.6 is 0 Å². The number of benzene rings is 1. The molecule has 9 nitrogen and oxygen atoms in total. The third kappa shape index (κ3) is 6.10. The molecule has 1 aromatic rings. The van der Waals surface area contributed by atoms with Gasteiger partial charge in [-0.05, 0) is 51.8 Å². The molecule has 0 aliphatic carbocycles. The van der Waals surface area contributed by atoms with E-state index in [0.717, 1.165) is 17.2 Å². The lowest BCUT2D eigenvalue weighted by molar-refractivity contribution is -0.0335. The first-order chi connectivity index (χ1) is 14.8. The summed E-state index contributed by atoms with van der Waals surface area (Å²) in [6, 6.07) is 3.39. The third-order valence-corrected chi connectivity index (χ3v) is 6.23. The smallest absolute Gasteiger partial charge is 0.414 e. The normalized spacial score (nSPS) is 20.4. The molecule has 0 bridgehead atoms. The molecule has 0 spiro atoms. The zero-order valence-corrected chi connectivity index (χ0v) is 19.5. The summed E-state index contributed by atoms with van der Waals surface area (Å²) in [5, 5.41) is 0. The van der Waals surface area contributed by atoms with E-state index in [2.05, 4.69) is 0 Å². The molecule has 1 atom stereocenters. The number of piperidine rings is 1. The molecule has 0 radical (unpaired) electrons. The van der Waals surface area contributed by atoms with Crippen molar-refractivity contribution in [1.82, 2.24) is 4.90 Å². The molecule has 0 saturated carbocycles. The zero-order valence-electron chi connectivity index (χ0n) is 18.7. The summed E-state index contributed by atoms with van der Waals surface area (Å²) in [7, 11) is -3.56. The van der Waals surface area contributed by atoms with Crippen LogP contribution in [0.2, 0.25) is 0 Å². The number of halogens is 1. The SMILES string of the molecule is CC(C)(C)OC(=O)N1CCC(OCC2CN(c3ccc(S(C)(=O)=O)cc3F)C(=O)O2)CC1. The Balaban J connectivity index is 1.49. The zero-order chi connectivity index (χ0) is 23.7. The van der Waals surface area contributed by atoms with Crippen LogP contribution in [0.5, 0.6) is 0 Å². The van der Waals surface area contributed by atoms with E-state index in [-0.39, 0.29) is 35.9 Å². The van der Waals surface area contributed by atoms with Gasteiger partial charge in [0, 0.05) is 19.3 Å². The van der Waals surface area contributed by atoms with E-state index in [4.69, 9.17) is 14.2 Å². The fraction of sp³-hybridized carbons (Fsp3) is 0.619. The second-order valence-electron chi connectivity index (χ2n) is 9.00. The first-order valence-electron chi connectivity index (χ1n) is 10.4. The molecule has 11 heteroatoms. The summed E-state index contributed by atoms with van der Waals surface area (Å²) >= 11 is 0. The van der Waals surface area contributed by atoms with Crippen molar-refractivity contribution >= 4 is 27.7 Å². The summed E-state index contributed by atoms with van der Waals surface area (Å²) in [6.45, 7) is 6.70. The molecular formula is C21H29FN2O7S. The Morgan fingerprint density at radius 1 is 1.25 bits per heavy atom. The van der Waals surface area contributed by atoms with Crippen LogP contribution in [0.3, 0.4) is 0 Å². The average molecular weight is 473 g/mol. The molecule has 2 amide bonds. The summed E-state index contributed by atoms with van der Waals surface area (Å²) in [5.74, 6) is -0.819. The largest absolute Gasteiger partial charge is 0.444 e. The quantitative estimate of drug-likeness (QED) is 0.649. The second-order valence-corrected chi connectivity index (χ2v) is 11.0. The molecule has 178 valence electrons. The number of anilines is 1. The predicted molar refractivity (Wildman–Crippen MR) is 114 cm³/mol. The van der Waals surface area contributed by atoms with Gasteiger partial charge in [0.2, 0.25) is 0 Å². The molecule has 32 heavy (non-hydrogen) atoms. The molecule has 3 rings (SSSR count). The molecule has 2 aliphatic heterocycles. The van der Waals surface area contributed by atoms with E-state index in [0.29, 0.717) is 25.9 Å². The van der Waals surface area contributed by atoms with Crippen molar-refractivity contribution in [2.75, 3.05) is 37.4 Å². The van der Waals surface area contributed by atoms with Gasteiger partial charge in [-0.3, -0.25) is 4.90 Å². The van der Waals surface area contributed by atoms with Gasteiger partial charge in [-0.1, -0.05) is 0 Å². The highest BCUT2D eigenvalue weighted by Crippen LogP contribution is 2.27. The van der Waals surface area contributed by atoms with Crippen molar-refractivity contribution < 1.29 is 36.6 Å². The van der Waals surface area contributed by atoms with Gasteiger partial charge in [-0.2, -0.15) is 0 Å². The minimum Gasteiger partial charge on any atom is -0.444 e. The van der Waals surface area contributed by atoms with Crippen LogP contribution in [0.25, 0.3) is 0 Å². The Morgan fingerprint density at radius 2 is 1.91 bits per heavy atom. The molecular weight excluding hydrogens is 443 g/mol. The maximum atomic E-state index is 14.4. The van der Waals surface area contributed by atoms with Crippen LogP contribution in [0.1, 0.15) is 33.6 Å². The molecule has 0 aromatic heterocycles. The van der Waals surface area contributed by atoms with Crippen molar-refractivity contribution in [1.29, 1.82) is 0 Å². The van der Waals surface area contributed by atoms with Crippen LogP contribution in [0.4, 0.5) is 19.7 Å². The number of likely N-dealkylation sites (tertiary alicyclic amines) is 1. The van der Waals surface area contributed by atoms with Gasteiger partial charge in [0.05, 0.1) is 29.8 Å². The number of sulfone groups is 1. The van der Waals surface area contributed by atoms with E-state index >= 15 is 0 Å². The molecule has 2 saturated heterocycles. The average Bonchev–Trinajstić information content (AvgIpc) is 3.05. The third-order valence-electron chi connectivity index (χ3n) is 5.12. The number of cyclic esters (lactones) is 1. The van der Waals surface area contributed by atoms with Crippen LogP contribution in [0, 0.1) is 5.82 Å². The summed E-state index contributed by atoms with van der Waals surface area (Å²) in [6.07, 6.45) is 0.505. The summed E-state index contributed by atoms with van der Waals surface area (Å²) < 4.78 is 54.1. The van der Waals surface area contributed by atoms with Crippen LogP contribution in [-0.2, 0) is 24.0 Å². The number of rotatable bonds is 5. The fourth-order valence-electron chi connectivity index (χ4n) is 3.52. The molecule has 0 N–H and O–H groups in total. The number of carbonyl (C=O) groups is 2. The maximum Gasteiger partial charge on any atom is 0.414 e. The summed E-state index contributed by atoms with van der Waals surface area (Å²) in [4.78, 5) is 26.9. The Morgan fingerprint density at radius 3 is 2.47 bits per heavy atom. The lowest BCUT2D eigenvalue weighted by atomic mass is 10.1. The Kier molecular flexibility index (Phi) is 6.99. The van der Waals surface area contributed by atoms with Gasteiger partial charge in [0.15, 0.2) is 9.84 Å². The van der Waals surface area contributed by atoms with Gasteiger partial charge < -0.3 is 19.1 Å². The lowest BCUT2D eigenvalue weighted by Gasteiger charge is -2.33. The van der Waals surface area contributed by atoms with Crippen molar-refractivity contribution in [2.45, 2.75) is 56.3 Å². The Hall–Kier alpha value is -2.40. The number of ether oxygens (including phenoxy) is 3. The van der Waals surface area contributed by atoms with Crippen LogP contribution in [-0.4, -0.2) is 75.8 Å². The Labute approximate surface area is 187 Å². The summed E-state index contributed by atoms with van der Waals surface area (Å²) in [5.41, 5.74) is -0.594. The van der Waals surface area contributed by atoms with Crippen LogP contribution in [0.15, 0.2) is 23.1 Å². The van der Waals surface area contributed by atoms with E-state index in [1.54, 1.807) is 4.90 Å². The first-order valence-corrected chi connectivity index (χ1v) is 12.3. The molecule has 2 fully saturated rings. The van der Waals surface area contributed by atoms with Gasteiger partial charge in [0.25, 0.3) is 0 Å². The number of hydrogen-bond acceptors (Lipinski definition) is 7. The van der Waals surface area contributed by atoms with Crippen molar-refractivity contribution in [3.63, 3.8) is 0 Å². The van der Waals surface area contributed by atoms with Gasteiger partial charge in [0.1, 0.15) is 17.5 Å². The van der Waals surface area contributed by atoms with Crippen LogP contribution < -0.4 is 4.90 Å². The van der Waals surface area contributed by atoms with Gasteiger partial charge >= 0.3 is 12.2 Å². The van der Waals surface area contributed by atoms with E-state index in [1.165, 1.54) is 12.1 Å². The fourth-order valence-corrected chi connectivity index (χ4v) is 4.15. The lowest BCUT2D eigenvalue weighted by Crippen LogP contribution is -2.43. The van der Waals surface area contributed by atoms with Crippen molar-refractivity contribution in [3.05, 3.63) is 24.0 Å². The minimum atomic E-state index is -3.56. The predicted octanol–water partition coefficient (Wildman–Crippen LogP) is 2.97. The standard InChI is InChI=1S/C21H29FN2O7S/c1-21(2,3)31-19(25)23-9-7-14(8-10-23)29-13-15-12-24(20(26)30-15)18-6-5-16(11-17(18)22)32(4,27)28/h5-6,11,14-15H,7-10,12-13H2,1-4H3. The Bertz CT molecular complexity index is 969. The van der Waals surface area contributed by atoms with Crippen molar-refractivity contribution in [2.24, 2.45) is 0 Å².